The smallest absolute Gasteiger partial charge is 0.249 e. The summed E-state index contributed by atoms with van der Waals surface area (Å²) >= 11 is 0. The third-order valence-electron chi connectivity index (χ3n) is 2.79. The van der Waals surface area contributed by atoms with Crippen molar-refractivity contribution in [1.82, 2.24) is 15.2 Å². The van der Waals surface area contributed by atoms with Gasteiger partial charge in [0.1, 0.15) is 0 Å². The molecule has 0 aliphatic heterocycles. The molecule has 100 valence electrons. The molecule has 0 unspecified atom stereocenters. The summed E-state index contributed by atoms with van der Waals surface area (Å²) in [6, 6.07) is 8.02. The van der Waals surface area contributed by atoms with Crippen molar-refractivity contribution in [2.24, 2.45) is 0 Å². The number of anilines is 3. The molecular weight excluding hydrogens is 238 g/mol. The quantitative estimate of drug-likeness (QED) is 0.778. The van der Waals surface area contributed by atoms with Gasteiger partial charge in [-0.15, -0.1) is 5.10 Å². The topological polar surface area (TPSA) is 62.7 Å². The Balaban J connectivity index is 2.05. The highest BCUT2D eigenvalue weighted by Crippen LogP contribution is 2.17. The molecule has 0 amide bonds. The minimum absolute atomic E-state index is 0.510. The molecule has 5 nitrogen and oxygen atoms in total. The second-order valence-corrected chi connectivity index (χ2v) is 4.39. The van der Waals surface area contributed by atoms with Crippen LogP contribution >= 0.6 is 0 Å². The van der Waals surface area contributed by atoms with Gasteiger partial charge in [-0.05, 0) is 25.0 Å². The Morgan fingerprint density at radius 3 is 2.84 bits per heavy atom. The summed E-state index contributed by atoms with van der Waals surface area (Å²) in [7, 11) is 0. The summed E-state index contributed by atoms with van der Waals surface area (Å²) in [5.74, 6) is 1.26. The molecule has 2 rings (SSSR count). The first-order valence-corrected chi connectivity index (χ1v) is 6.56. The van der Waals surface area contributed by atoms with Crippen molar-refractivity contribution in [3.63, 3.8) is 0 Å². The van der Waals surface area contributed by atoms with Crippen LogP contribution < -0.4 is 10.6 Å². The molecule has 1 heterocycles. The Bertz CT molecular complexity index is 527. The molecule has 0 radical (unpaired) electrons. The Hall–Kier alpha value is -2.17. The third kappa shape index (κ3) is 3.91. The molecule has 0 bridgehead atoms. The number of unbranched alkanes of at least 4 members (excludes halogenated alkanes) is 1. The van der Waals surface area contributed by atoms with Gasteiger partial charge in [0.25, 0.3) is 0 Å². The number of aromatic nitrogens is 3. The molecule has 1 aromatic heterocycles. The van der Waals surface area contributed by atoms with E-state index in [4.69, 9.17) is 0 Å². The number of hydrogen-bond donors (Lipinski definition) is 2. The van der Waals surface area contributed by atoms with Gasteiger partial charge < -0.3 is 10.6 Å². The van der Waals surface area contributed by atoms with Crippen LogP contribution in [0.25, 0.3) is 0 Å². The lowest BCUT2D eigenvalue weighted by atomic mass is 10.2. The third-order valence-corrected chi connectivity index (χ3v) is 2.79. The van der Waals surface area contributed by atoms with Gasteiger partial charge in [-0.25, -0.2) is 0 Å². The van der Waals surface area contributed by atoms with E-state index in [1.807, 2.05) is 31.2 Å². The zero-order valence-corrected chi connectivity index (χ0v) is 11.3. The van der Waals surface area contributed by atoms with Crippen LogP contribution in [0.5, 0.6) is 0 Å². The second-order valence-electron chi connectivity index (χ2n) is 4.39. The van der Waals surface area contributed by atoms with Gasteiger partial charge in [0.2, 0.25) is 5.95 Å². The number of aryl methyl sites for hydroxylation is 1. The molecular formula is C14H19N5. The fraction of sp³-hybridized carbons (Fsp3) is 0.357. The number of para-hydroxylation sites is 1. The molecule has 2 N–H and O–H groups in total. The van der Waals surface area contributed by atoms with Gasteiger partial charge in [-0.2, -0.15) is 10.1 Å². The highest BCUT2D eigenvalue weighted by Gasteiger charge is 2.02. The molecule has 1 aromatic carbocycles. The highest BCUT2D eigenvalue weighted by molar-refractivity contribution is 5.58. The fourth-order valence-electron chi connectivity index (χ4n) is 1.67. The van der Waals surface area contributed by atoms with Gasteiger partial charge in [0.05, 0.1) is 6.20 Å². The van der Waals surface area contributed by atoms with Gasteiger partial charge >= 0.3 is 0 Å². The van der Waals surface area contributed by atoms with Gasteiger partial charge in [-0.1, -0.05) is 31.5 Å². The van der Waals surface area contributed by atoms with Crippen LogP contribution in [0.2, 0.25) is 0 Å². The van der Waals surface area contributed by atoms with Crippen molar-refractivity contribution >= 4 is 17.5 Å². The number of hydrogen-bond acceptors (Lipinski definition) is 5. The zero-order valence-electron chi connectivity index (χ0n) is 11.3. The SMILES string of the molecule is CCCCNc1cnnc(Nc2ccccc2C)n1. The lowest BCUT2D eigenvalue weighted by Gasteiger charge is -2.08. The van der Waals surface area contributed by atoms with E-state index < -0.39 is 0 Å². The minimum atomic E-state index is 0.510. The average molecular weight is 257 g/mol. The maximum atomic E-state index is 4.39. The van der Waals surface area contributed by atoms with Gasteiger partial charge in [-0.3, -0.25) is 0 Å². The molecule has 0 spiro atoms. The van der Waals surface area contributed by atoms with E-state index in [0.717, 1.165) is 36.5 Å². The Morgan fingerprint density at radius 1 is 1.21 bits per heavy atom. The first-order valence-electron chi connectivity index (χ1n) is 6.56. The molecule has 0 saturated heterocycles. The summed E-state index contributed by atoms with van der Waals surface area (Å²) in [4.78, 5) is 4.39. The zero-order chi connectivity index (χ0) is 13.5. The van der Waals surface area contributed by atoms with E-state index in [9.17, 15) is 0 Å². The first-order chi connectivity index (χ1) is 9.29. The van der Waals surface area contributed by atoms with Gasteiger partial charge in [0.15, 0.2) is 5.82 Å². The minimum Gasteiger partial charge on any atom is -0.369 e. The van der Waals surface area contributed by atoms with Crippen LogP contribution in [0.3, 0.4) is 0 Å². The molecule has 0 saturated carbocycles. The predicted molar refractivity (Wildman–Crippen MR) is 77.7 cm³/mol. The second kappa shape index (κ2) is 6.68. The lowest BCUT2D eigenvalue weighted by Crippen LogP contribution is -2.06. The van der Waals surface area contributed by atoms with Crippen LogP contribution in [0.1, 0.15) is 25.3 Å². The van der Waals surface area contributed by atoms with E-state index in [-0.39, 0.29) is 0 Å². The standard InChI is InChI=1S/C14H19N5/c1-3-4-9-15-13-10-16-19-14(18-13)17-12-8-6-5-7-11(12)2/h5-8,10H,3-4,9H2,1-2H3,(H2,15,17,18,19). The van der Waals surface area contributed by atoms with Crippen LogP contribution in [0, 0.1) is 6.92 Å². The van der Waals surface area contributed by atoms with Crippen molar-refractivity contribution in [3.8, 4) is 0 Å². The Labute approximate surface area is 113 Å². The van der Waals surface area contributed by atoms with Crippen molar-refractivity contribution in [2.45, 2.75) is 26.7 Å². The molecule has 0 fully saturated rings. The van der Waals surface area contributed by atoms with E-state index in [1.54, 1.807) is 6.20 Å². The van der Waals surface area contributed by atoms with Crippen molar-refractivity contribution in [3.05, 3.63) is 36.0 Å². The number of benzene rings is 1. The summed E-state index contributed by atoms with van der Waals surface area (Å²) < 4.78 is 0. The van der Waals surface area contributed by atoms with Crippen LogP contribution in [-0.2, 0) is 0 Å². The molecule has 5 heteroatoms. The monoisotopic (exact) mass is 257 g/mol. The van der Waals surface area contributed by atoms with Crippen molar-refractivity contribution < 1.29 is 0 Å². The average Bonchev–Trinajstić information content (AvgIpc) is 2.42. The number of nitrogens with zero attached hydrogens (tertiary/aromatic N) is 3. The molecule has 2 aromatic rings. The van der Waals surface area contributed by atoms with Crippen molar-refractivity contribution in [2.75, 3.05) is 17.2 Å². The normalized spacial score (nSPS) is 10.2. The van der Waals surface area contributed by atoms with E-state index in [0.29, 0.717) is 5.95 Å². The lowest BCUT2D eigenvalue weighted by molar-refractivity contribution is 0.827. The highest BCUT2D eigenvalue weighted by atomic mass is 15.3. The van der Waals surface area contributed by atoms with E-state index >= 15 is 0 Å². The summed E-state index contributed by atoms with van der Waals surface area (Å²) in [6.45, 7) is 5.10. The fourth-order valence-corrected chi connectivity index (χ4v) is 1.67. The summed E-state index contributed by atoms with van der Waals surface area (Å²) in [6.07, 6.45) is 3.91. The van der Waals surface area contributed by atoms with Gasteiger partial charge in [0, 0.05) is 12.2 Å². The van der Waals surface area contributed by atoms with Crippen LogP contribution in [-0.4, -0.2) is 21.7 Å². The Morgan fingerprint density at radius 2 is 2.05 bits per heavy atom. The van der Waals surface area contributed by atoms with E-state index in [2.05, 4.69) is 32.7 Å². The number of rotatable bonds is 6. The number of nitrogens with one attached hydrogen (secondary N) is 2. The molecule has 0 atom stereocenters. The van der Waals surface area contributed by atoms with Crippen LogP contribution in [0.15, 0.2) is 30.5 Å². The molecule has 19 heavy (non-hydrogen) atoms. The first kappa shape index (κ1) is 13.3. The van der Waals surface area contributed by atoms with Crippen LogP contribution in [0.4, 0.5) is 17.5 Å². The molecule has 0 aliphatic carbocycles. The predicted octanol–water partition coefficient (Wildman–Crippen LogP) is 3.14. The largest absolute Gasteiger partial charge is 0.369 e. The summed E-state index contributed by atoms with van der Waals surface area (Å²) in [5.41, 5.74) is 2.14. The Kier molecular flexibility index (Phi) is 4.66. The van der Waals surface area contributed by atoms with E-state index in [1.165, 1.54) is 0 Å². The van der Waals surface area contributed by atoms with Crippen molar-refractivity contribution in [1.29, 1.82) is 0 Å². The maximum Gasteiger partial charge on any atom is 0.249 e. The molecule has 0 aliphatic rings. The summed E-state index contributed by atoms with van der Waals surface area (Å²) in [5, 5.41) is 14.4. The maximum absolute atomic E-state index is 4.39.